The van der Waals surface area contributed by atoms with Gasteiger partial charge in [-0.05, 0) is 37.3 Å². The standard InChI is InChI=1S/C17H23FN2O5S/c1-11(2)10-13(17(22)23)19-16(21)14-7-5-9-20(14)26(24,25)15-8-4-3-6-12(15)18/h3-4,6,8,11,13-14H,5,7,9-10H2,1-2H3,(H,19,21)(H,22,23). The van der Waals surface area contributed by atoms with Crippen LogP contribution in [0.3, 0.4) is 0 Å². The molecule has 2 rings (SSSR count). The Balaban J connectivity index is 2.23. The molecule has 2 unspecified atom stereocenters. The van der Waals surface area contributed by atoms with Gasteiger partial charge in [0.25, 0.3) is 0 Å². The SMILES string of the molecule is CC(C)CC(NC(=O)C1CCCN1S(=O)(=O)c1ccccc1F)C(=O)O. The summed E-state index contributed by atoms with van der Waals surface area (Å²) in [5.74, 6) is -2.69. The van der Waals surface area contributed by atoms with E-state index in [0.717, 1.165) is 16.4 Å². The van der Waals surface area contributed by atoms with Crippen LogP contribution in [0, 0.1) is 11.7 Å². The summed E-state index contributed by atoms with van der Waals surface area (Å²) >= 11 is 0. The van der Waals surface area contributed by atoms with Crippen molar-refractivity contribution in [2.24, 2.45) is 5.92 Å². The van der Waals surface area contributed by atoms with Crippen LogP contribution in [0.15, 0.2) is 29.2 Å². The van der Waals surface area contributed by atoms with Crippen LogP contribution in [-0.2, 0) is 19.6 Å². The first kappa shape index (κ1) is 20.3. The van der Waals surface area contributed by atoms with Crippen molar-refractivity contribution < 1.29 is 27.5 Å². The molecule has 1 amide bonds. The molecule has 1 heterocycles. The minimum absolute atomic E-state index is 0.0400. The largest absolute Gasteiger partial charge is 0.480 e. The molecular formula is C17H23FN2O5S. The van der Waals surface area contributed by atoms with Crippen LogP contribution in [0.4, 0.5) is 4.39 Å². The van der Waals surface area contributed by atoms with Gasteiger partial charge in [-0.1, -0.05) is 26.0 Å². The molecule has 0 spiro atoms. The summed E-state index contributed by atoms with van der Waals surface area (Å²) in [5.41, 5.74) is 0. The van der Waals surface area contributed by atoms with Crippen molar-refractivity contribution in [3.05, 3.63) is 30.1 Å². The monoisotopic (exact) mass is 386 g/mol. The highest BCUT2D eigenvalue weighted by molar-refractivity contribution is 7.89. The molecule has 26 heavy (non-hydrogen) atoms. The predicted octanol–water partition coefficient (Wildman–Crippen LogP) is 1.59. The lowest BCUT2D eigenvalue weighted by molar-refractivity contribution is -0.142. The summed E-state index contributed by atoms with van der Waals surface area (Å²) in [5, 5.41) is 11.7. The van der Waals surface area contributed by atoms with Gasteiger partial charge in [-0.2, -0.15) is 4.31 Å². The van der Waals surface area contributed by atoms with E-state index in [1.807, 2.05) is 13.8 Å². The molecule has 1 fully saturated rings. The number of carbonyl (C=O) groups is 2. The minimum atomic E-state index is -4.19. The molecule has 2 N–H and O–H groups in total. The molecule has 1 aliphatic heterocycles. The number of nitrogens with one attached hydrogen (secondary N) is 1. The Bertz CT molecular complexity index is 781. The first-order valence-electron chi connectivity index (χ1n) is 8.44. The number of carboxylic acid groups (broad SMARTS) is 1. The number of halogens is 1. The van der Waals surface area contributed by atoms with Gasteiger partial charge >= 0.3 is 5.97 Å². The number of nitrogens with zero attached hydrogens (tertiary/aromatic N) is 1. The average molecular weight is 386 g/mol. The van der Waals surface area contributed by atoms with Gasteiger partial charge in [0.05, 0.1) is 0 Å². The molecule has 1 saturated heterocycles. The van der Waals surface area contributed by atoms with Crippen LogP contribution in [0.2, 0.25) is 0 Å². The summed E-state index contributed by atoms with van der Waals surface area (Å²) < 4.78 is 40.4. The van der Waals surface area contributed by atoms with Crippen molar-refractivity contribution in [2.45, 2.75) is 50.1 Å². The van der Waals surface area contributed by atoms with E-state index in [2.05, 4.69) is 5.32 Å². The van der Waals surface area contributed by atoms with Gasteiger partial charge in [0, 0.05) is 6.54 Å². The fourth-order valence-electron chi connectivity index (χ4n) is 3.03. The van der Waals surface area contributed by atoms with Gasteiger partial charge in [-0.25, -0.2) is 17.6 Å². The predicted molar refractivity (Wildman–Crippen MR) is 92.3 cm³/mol. The lowest BCUT2D eigenvalue weighted by atomic mass is 10.0. The first-order valence-corrected chi connectivity index (χ1v) is 9.88. The third-order valence-electron chi connectivity index (χ3n) is 4.25. The maximum absolute atomic E-state index is 13.9. The summed E-state index contributed by atoms with van der Waals surface area (Å²) in [6, 6.07) is 2.84. The topological polar surface area (TPSA) is 104 Å². The van der Waals surface area contributed by atoms with E-state index in [-0.39, 0.29) is 25.3 Å². The van der Waals surface area contributed by atoms with E-state index in [1.165, 1.54) is 12.1 Å². The number of hydrogen-bond donors (Lipinski definition) is 2. The van der Waals surface area contributed by atoms with Gasteiger partial charge in [0.1, 0.15) is 22.8 Å². The fraction of sp³-hybridized carbons (Fsp3) is 0.529. The Morgan fingerprint density at radius 3 is 2.58 bits per heavy atom. The Morgan fingerprint density at radius 1 is 1.35 bits per heavy atom. The van der Waals surface area contributed by atoms with Gasteiger partial charge in [-0.15, -0.1) is 0 Å². The smallest absolute Gasteiger partial charge is 0.326 e. The number of rotatable bonds is 7. The van der Waals surface area contributed by atoms with Gasteiger partial charge in [-0.3, -0.25) is 4.79 Å². The van der Waals surface area contributed by atoms with Crippen LogP contribution in [0.25, 0.3) is 0 Å². The normalized spacial score (nSPS) is 19.5. The molecule has 0 bridgehead atoms. The lowest BCUT2D eigenvalue weighted by Crippen LogP contribution is -2.51. The summed E-state index contributed by atoms with van der Waals surface area (Å²) in [6.07, 6.45) is 0.926. The maximum atomic E-state index is 13.9. The number of sulfonamides is 1. The number of amides is 1. The molecule has 9 heteroatoms. The summed E-state index contributed by atoms with van der Waals surface area (Å²) in [6.45, 7) is 3.73. The van der Waals surface area contributed by atoms with Crippen molar-refractivity contribution in [3.63, 3.8) is 0 Å². The molecule has 0 aliphatic carbocycles. The molecule has 0 aromatic heterocycles. The van der Waals surface area contributed by atoms with Crippen LogP contribution in [-0.4, -0.2) is 48.3 Å². The van der Waals surface area contributed by atoms with Gasteiger partial charge in [0.15, 0.2) is 0 Å². The zero-order chi connectivity index (χ0) is 19.5. The Kier molecular flexibility index (Phi) is 6.35. The number of carbonyl (C=O) groups excluding carboxylic acids is 1. The third kappa shape index (κ3) is 4.39. The van der Waals surface area contributed by atoms with Crippen molar-refractivity contribution >= 4 is 21.9 Å². The Labute approximate surface area is 152 Å². The molecule has 2 atom stereocenters. The maximum Gasteiger partial charge on any atom is 0.326 e. The second-order valence-corrected chi connectivity index (χ2v) is 8.59. The number of hydrogen-bond acceptors (Lipinski definition) is 4. The minimum Gasteiger partial charge on any atom is -0.480 e. The van der Waals surface area contributed by atoms with E-state index in [9.17, 15) is 27.5 Å². The number of aliphatic carboxylic acids is 1. The highest BCUT2D eigenvalue weighted by atomic mass is 32.2. The Hall–Kier alpha value is -2.00. The van der Waals surface area contributed by atoms with Crippen molar-refractivity contribution in [1.29, 1.82) is 0 Å². The van der Waals surface area contributed by atoms with Crippen LogP contribution < -0.4 is 5.32 Å². The molecule has 0 radical (unpaired) electrons. The van der Waals surface area contributed by atoms with E-state index in [4.69, 9.17) is 0 Å². The third-order valence-corrected chi connectivity index (χ3v) is 6.19. The van der Waals surface area contributed by atoms with E-state index in [1.54, 1.807) is 0 Å². The molecule has 1 aromatic carbocycles. The van der Waals surface area contributed by atoms with Gasteiger partial charge < -0.3 is 10.4 Å². The highest BCUT2D eigenvalue weighted by Gasteiger charge is 2.41. The molecule has 1 aliphatic rings. The summed E-state index contributed by atoms with van der Waals surface area (Å²) in [4.78, 5) is 23.4. The fourth-order valence-corrected chi connectivity index (χ4v) is 4.75. The average Bonchev–Trinajstić information content (AvgIpc) is 3.04. The van der Waals surface area contributed by atoms with E-state index < -0.39 is 44.7 Å². The molecular weight excluding hydrogens is 363 g/mol. The molecule has 0 saturated carbocycles. The second-order valence-electron chi connectivity index (χ2n) is 6.73. The lowest BCUT2D eigenvalue weighted by Gasteiger charge is -2.25. The molecule has 1 aromatic rings. The van der Waals surface area contributed by atoms with E-state index in [0.29, 0.717) is 6.42 Å². The quantitative estimate of drug-likeness (QED) is 0.741. The molecule has 144 valence electrons. The Morgan fingerprint density at radius 2 is 2.00 bits per heavy atom. The van der Waals surface area contributed by atoms with Crippen molar-refractivity contribution in [1.82, 2.24) is 9.62 Å². The van der Waals surface area contributed by atoms with Crippen molar-refractivity contribution in [3.8, 4) is 0 Å². The van der Waals surface area contributed by atoms with Crippen molar-refractivity contribution in [2.75, 3.05) is 6.54 Å². The summed E-state index contributed by atoms with van der Waals surface area (Å²) in [7, 11) is -4.19. The van der Waals surface area contributed by atoms with Crippen LogP contribution in [0.1, 0.15) is 33.1 Å². The number of carboxylic acids is 1. The zero-order valence-electron chi connectivity index (χ0n) is 14.7. The van der Waals surface area contributed by atoms with Crippen LogP contribution in [0.5, 0.6) is 0 Å². The van der Waals surface area contributed by atoms with Crippen LogP contribution >= 0.6 is 0 Å². The first-order chi connectivity index (χ1) is 12.1. The molecule has 7 nitrogen and oxygen atoms in total. The number of benzene rings is 1. The second kappa shape index (κ2) is 8.13. The van der Waals surface area contributed by atoms with E-state index >= 15 is 0 Å². The zero-order valence-corrected chi connectivity index (χ0v) is 15.5. The van der Waals surface area contributed by atoms with Gasteiger partial charge in [0.2, 0.25) is 15.9 Å². The highest BCUT2D eigenvalue weighted by Crippen LogP contribution is 2.27.